The minimum Gasteiger partial charge on any atom is -0.481 e. The third-order valence-electron chi connectivity index (χ3n) is 4.48. The van der Waals surface area contributed by atoms with Crippen molar-refractivity contribution in [3.63, 3.8) is 0 Å². The quantitative estimate of drug-likeness (QED) is 0.717. The predicted octanol–water partition coefficient (Wildman–Crippen LogP) is 3.81. The van der Waals surface area contributed by atoms with Crippen molar-refractivity contribution in [2.24, 2.45) is 0 Å². The number of carbonyl (C=O) groups excluding carboxylic acids is 1. The van der Waals surface area contributed by atoms with Crippen LogP contribution in [0.5, 0.6) is 5.75 Å². The Morgan fingerprint density at radius 3 is 2.84 bits per heavy atom. The lowest BCUT2D eigenvalue weighted by Gasteiger charge is -2.21. The number of ether oxygens (including phenoxy) is 1. The fourth-order valence-electron chi connectivity index (χ4n) is 3.20. The Hall–Kier alpha value is -2.53. The van der Waals surface area contributed by atoms with Gasteiger partial charge in [-0.1, -0.05) is 23.7 Å². The molecule has 1 aliphatic rings. The van der Waals surface area contributed by atoms with Gasteiger partial charge in [0, 0.05) is 18.1 Å². The second-order valence-electron chi connectivity index (χ2n) is 6.21. The van der Waals surface area contributed by atoms with Crippen LogP contribution in [0.15, 0.2) is 42.5 Å². The van der Waals surface area contributed by atoms with Crippen molar-refractivity contribution >= 4 is 34.5 Å². The number of hydrogen-bond donors (Lipinski definition) is 0. The third kappa shape index (κ3) is 2.74. The van der Waals surface area contributed by atoms with Crippen LogP contribution in [0.25, 0.3) is 11.0 Å². The molecule has 2 heterocycles. The van der Waals surface area contributed by atoms with Gasteiger partial charge in [-0.15, -0.1) is 0 Å². The maximum Gasteiger partial charge on any atom is 0.270 e. The molecule has 1 atom stereocenters. The van der Waals surface area contributed by atoms with E-state index in [1.54, 1.807) is 24.0 Å². The van der Waals surface area contributed by atoms with Gasteiger partial charge in [0.15, 0.2) is 6.10 Å². The van der Waals surface area contributed by atoms with E-state index in [1.165, 1.54) is 0 Å². The summed E-state index contributed by atoms with van der Waals surface area (Å²) < 4.78 is 7.95. The molecule has 4 rings (SSSR count). The Morgan fingerprint density at radius 2 is 2.04 bits per heavy atom. The van der Waals surface area contributed by atoms with Crippen LogP contribution in [0.3, 0.4) is 0 Å². The Balaban J connectivity index is 1.58. The molecule has 25 heavy (non-hydrogen) atoms. The van der Waals surface area contributed by atoms with Crippen LogP contribution in [-0.2, 0) is 11.3 Å². The van der Waals surface area contributed by atoms with Gasteiger partial charge in [0.1, 0.15) is 5.75 Å². The number of fused-ring (bicyclic) bond motifs is 3. The minimum atomic E-state index is -0.605. The summed E-state index contributed by atoms with van der Waals surface area (Å²) in [5.41, 5.74) is 2.85. The van der Waals surface area contributed by atoms with Gasteiger partial charge in [-0.25, -0.2) is 4.98 Å². The van der Waals surface area contributed by atoms with Crippen molar-refractivity contribution in [2.75, 3.05) is 11.4 Å². The number of anilines is 1. The molecule has 6 heteroatoms. The normalized spacial score (nSPS) is 14.6. The van der Waals surface area contributed by atoms with E-state index in [4.69, 9.17) is 16.3 Å². The van der Waals surface area contributed by atoms with E-state index in [1.807, 2.05) is 37.3 Å². The Bertz CT molecular complexity index is 966. The maximum absolute atomic E-state index is 12.9. The number of aryl methyl sites for hydroxylation is 1. The van der Waals surface area contributed by atoms with Crippen molar-refractivity contribution in [2.45, 2.75) is 26.5 Å². The first kappa shape index (κ1) is 16.0. The zero-order valence-corrected chi connectivity index (χ0v) is 14.8. The topological polar surface area (TPSA) is 47.4 Å². The Morgan fingerprint density at radius 1 is 1.24 bits per heavy atom. The SMILES string of the molecule is Cc1cc(Cl)ccc1OC(C)C(=O)N1CCn2c1nc1ccccc12. The highest BCUT2D eigenvalue weighted by molar-refractivity contribution is 6.30. The average molecular weight is 356 g/mol. The molecule has 0 bridgehead atoms. The van der Waals surface area contributed by atoms with Crippen molar-refractivity contribution in [3.05, 3.63) is 53.1 Å². The third-order valence-corrected chi connectivity index (χ3v) is 4.71. The molecule has 5 nitrogen and oxygen atoms in total. The highest BCUT2D eigenvalue weighted by Crippen LogP contribution is 2.28. The molecule has 1 aromatic heterocycles. The van der Waals surface area contributed by atoms with Crippen molar-refractivity contribution < 1.29 is 9.53 Å². The van der Waals surface area contributed by atoms with Crippen molar-refractivity contribution in [1.29, 1.82) is 0 Å². The second kappa shape index (κ2) is 6.08. The first-order chi connectivity index (χ1) is 12.0. The van der Waals surface area contributed by atoms with Crippen LogP contribution >= 0.6 is 11.6 Å². The number of amides is 1. The Labute approximate surface area is 150 Å². The van der Waals surface area contributed by atoms with E-state index in [2.05, 4.69) is 9.55 Å². The van der Waals surface area contributed by atoms with Crippen LogP contribution in [-0.4, -0.2) is 28.1 Å². The van der Waals surface area contributed by atoms with Gasteiger partial charge in [0.05, 0.1) is 11.0 Å². The van der Waals surface area contributed by atoms with Gasteiger partial charge in [-0.2, -0.15) is 0 Å². The van der Waals surface area contributed by atoms with E-state index in [9.17, 15) is 4.79 Å². The van der Waals surface area contributed by atoms with E-state index in [-0.39, 0.29) is 5.91 Å². The summed E-state index contributed by atoms with van der Waals surface area (Å²) >= 11 is 5.97. The summed E-state index contributed by atoms with van der Waals surface area (Å²) in [6.45, 7) is 5.03. The molecule has 128 valence electrons. The van der Waals surface area contributed by atoms with Gasteiger partial charge in [-0.3, -0.25) is 9.69 Å². The monoisotopic (exact) mass is 355 g/mol. The molecule has 1 amide bonds. The van der Waals surface area contributed by atoms with Gasteiger partial charge in [0.2, 0.25) is 5.95 Å². The Kier molecular flexibility index (Phi) is 3.88. The second-order valence-corrected chi connectivity index (χ2v) is 6.65. The number of hydrogen-bond acceptors (Lipinski definition) is 3. The maximum atomic E-state index is 12.9. The summed E-state index contributed by atoms with van der Waals surface area (Å²) in [6.07, 6.45) is -0.605. The molecule has 0 spiro atoms. The highest BCUT2D eigenvalue weighted by atomic mass is 35.5. The summed E-state index contributed by atoms with van der Waals surface area (Å²) in [4.78, 5) is 19.2. The molecule has 3 aromatic rings. The van der Waals surface area contributed by atoms with Gasteiger partial charge >= 0.3 is 0 Å². The lowest BCUT2D eigenvalue weighted by Crippen LogP contribution is -2.40. The molecule has 0 saturated carbocycles. The first-order valence-electron chi connectivity index (χ1n) is 8.24. The molecule has 0 radical (unpaired) electrons. The van der Waals surface area contributed by atoms with Crippen molar-refractivity contribution in [1.82, 2.24) is 9.55 Å². The number of carbonyl (C=O) groups is 1. The van der Waals surface area contributed by atoms with E-state index in [0.717, 1.165) is 23.1 Å². The van der Waals surface area contributed by atoms with Crippen LogP contribution < -0.4 is 9.64 Å². The highest BCUT2D eigenvalue weighted by Gasteiger charge is 2.32. The number of halogens is 1. The average Bonchev–Trinajstić information content (AvgIpc) is 3.15. The molecule has 2 aromatic carbocycles. The fourth-order valence-corrected chi connectivity index (χ4v) is 3.43. The molecular weight excluding hydrogens is 338 g/mol. The lowest BCUT2D eigenvalue weighted by atomic mass is 10.2. The van der Waals surface area contributed by atoms with Gasteiger partial charge in [-0.05, 0) is 49.7 Å². The molecule has 1 unspecified atom stereocenters. The first-order valence-corrected chi connectivity index (χ1v) is 8.62. The number of aromatic nitrogens is 2. The van der Waals surface area contributed by atoms with Crippen LogP contribution in [0, 0.1) is 6.92 Å². The number of nitrogens with zero attached hydrogens (tertiary/aromatic N) is 3. The summed E-state index contributed by atoms with van der Waals surface area (Å²) in [5, 5.41) is 0.650. The van der Waals surface area contributed by atoms with Crippen LogP contribution in [0.4, 0.5) is 5.95 Å². The van der Waals surface area contributed by atoms with Crippen molar-refractivity contribution in [3.8, 4) is 5.75 Å². The zero-order valence-electron chi connectivity index (χ0n) is 14.1. The van der Waals surface area contributed by atoms with Gasteiger partial charge < -0.3 is 9.30 Å². The van der Waals surface area contributed by atoms with Gasteiger partial charge in [0.25, 0.3) is 5.91 Å². The standard InChI is InChI=1S/C19H18ClN3O2/c1-12-11-14(20)7-8-17(12)25-13(2)18(24)23-10-9-22-16-6-4-3-5-15(16)21-19(22)23/h3-8,11,13H,9-10H2,1-2H3. The van der Waals surface area contributed by atoms with Crippen LogP contribution in [0.2, 0.25) is 5.02 Å². The van der Waals surface area contributed by atoms with E-state index >= 15 is 0 Å². The minimum absolute atomic E-state index is 0.0941. The van der Waals surface area contributed by atoms with E-state index in [0.29, 0.717) is 23.3 Å². The lowest BCUT2D eigenvalue weighted by molar-refractivity contribution is -0.124. The predicted molar refractivity (Wildman–Crippen MR) is 98.4 cm³/mol. The summed E-state index contributed by atoms with van der Waals surface area (Å²) in [6, 6.07) is 13.3. The summed E-state index contributed by atoms with van der Waals surface area (Å²) in [7, 11) is 0. The largest absolute Gasteiger partial charge is 0.481 e. The van der Waals surface area contributed by atoms with Crippen LogP contribution in [0.1, 0.15) is 12.5 Å². The molecule has 0 saturated heterocycles. The molecule has 0 fully saturated rings. The number of benzene rings is 2. The zero-order chi connectivity index (χ0) is 17.6. The molecule has 0 aliphatic carbocycles. The smallest absolute Gasteiger partial charge is 0.270 e. The number of imidazole rings is 1. The molecule has 1 aliphatic heterocycles. The van der Waals surface area contributed by atoms with E-state index < -0.39 is 6.10 Å². The number of para-hydroxylation sites is 2. The fraction of sp³-hybridized carbons (Fsp3) is 0.263. The summed E-state index contributed by atoms with van der Waals surface area (Å²) in [5.74, 6) is 1.26. The molecular formula is C19H18ClN3O2. The number of rotatable bonds is 3. The molecule has 0 N–H and O–H groups in total.